The Morgan fingerprint density at radius 2 is 1.88 bits per heavy atom. The molecular weight excluding hydrogens is 347 g/mol. The highest BCUT2D eigenvalue weighted by molar-refractivity contribution is 5.85. The molecule has 0 radical (unpaired) electrons. The first-order valence-corrected chi connectivity index (χ1v) is 7.92. The van der Waals surface area contributed by atoms with Crippen LogP contribution in [-0.4, -0.2) is 35.6 Å². The summed E-state index contributed by atoms with van der Waals surface area (Å²) < 4.78 is 2.25. The molecule has 1 aromatic carbocycles. The van der Waals surface area contributed by atoms with Crippen molar-refractivity contribution < 1.29 is 4.79 Å². The lowest BCUT2D eigenvalue weighted by Crippen LogP contribution is -2.35. The number of benzene rings is 1. The highest BCUT2D eigenvalue weighted by Crippen LogP contribution is 2.20. The van der Waals surface area contributed by atoms with Gasteiger partial charge in [0, 0.05) is 31.5 Å². The number of rotatable bonds is 7. The lowest BCUT2D eigenvalue weighted by Gasteiger charge is -2.14. The Hall–Kier alpha value is -1.30. The molecule has 136 valence electrons. The van der Waals surface area contributed by atoms with Gasteiger partial charge in [0.1, 0.15) is 5.82 Å². The summed E-state index contributed by atoms with van der Waals surface area (Å²) in [5.74, 6) is 1.09. The van der Waals surface area contributed by atoms with Gasteiger partial charge < -0.3 is 15.2 Å². The molecule has 0 spiro atoms. The van der Waals surface area contributed by atoms with Gasteiger partial charge in [-0.2, -0.15) is 0 Å². The van der Waals surface area contributed by atoms with Gasteiger partial charge in [0.25, 0.3) is 0 Å². The number of imidazole rings is 1. The second-order valence-corrected chi connectivity index (χ2v) is 5.98. The van der Waals surface area contributed by atoms with E-state index in [1.54, 1.807) is 0 Å². The van der Waals surface area contributed by atoms with Crippen molar-refractivity contribution in [2.24, 2.45) is 5.92 Å². The zero-order valence-corrected chi connectivity index (χ0v) is 16.3. The summed E-state index contributed by atoms with van der Waals surface area (Å²) in [5.41, 5.74) is 2.17. The predicted molar refractivity (Wildman–Crippen MR) is 104 cm³/mol. The fraction of sp³-hybridized carbons (Fsp3) is 0.529. The molecule has 2 aromatic rings. The van der Waals surface area contributed by atoms with E-state index >= 15 is 0 Å². The van der Waals surface area contributed by atoms with Gasteiger partial charge in [-0.1, -0.05) is 19.1 Å². The number of para-hydroxylation sites is 2. The average Bonchev–Trinajstić information content (AvgIpc) is 2.85. The molecule has 7 heteroatoms. The first-order valence-electron chi connectivity index (χ1n) is 7.92. The third-order valence-electron chi connectivity index (χ3n) is 3.79. The van der Waals surface area contributed by atoms with Crippen molar-refractivity contribution in [3.05, 3.63) is 30.1 Å². The van der Waals surface area contributed by atoms with Crippen molar-refractivity contribution in [1.82, 2.24) is 20.2 Å². The minimum atomic E-state index is -0.0195. The summed E-state index contributed by atoms with van der Waals surface area (Å²) in [6.07, 6.45) is 0.741. The molecule has 0 aliphatic rings. The molecule has 0 saturated heterocycles. The Morgan fingerprint density at radius 1 is 1.21 bits per heavy atom. The third kappa shape index (κ3) is 5.36. The summed E-state index contributed by atoms with van der Waals surface area (Å²) in [6, 6.07) is 8.52. The summed E-state index contributed by atoms with van der Waals surface area (Å²) in [4.78, 5) is 16.6. The van der Waals surface area contributed by atoms with Crippen molar-refractivity contribution in [2.45, 2.75) is 33.2 Å². The summed E-state index contributed by atoms with van der Waals surface area (Å²) in [5, 5.41) is 6.01. The lowest BCUT2D eigenvalue weighted by atomic mass is 10.1. The van der Waals surface area contributed by atoms with Crippen molar-refractivity contribution in [2.75, 3.05) is 20.1 Å². The first-order chi connectivity index (χ1) is 10.5. The number of hydrogen-bond donors (Lipinski definition) is 2. The van der Waals surface area contributed by atoms with E-state index in [2.05, 4.69) is 35.1 Å². The van der Waals surface area contributed by atoms with E-state index in [-0.39, 0.29) is 36.6 Å². The Balaban J connectivity index is 0.00000264. The number of fused-ring (bicyclic) bond motifs is 1. The molecule has 1 heterocycles. The highest BCUT2D eigenvalue weighted by atomic mass is 35.5. The second kappa shape index (κ2) is 10.5. The van der Waals surface area contributed by atoms with Crippen LogP contribution in [0.15, 0.2) is 24.3 Å². The zero-order chi connectivity index (χ0) is 16.1. The number of carbonyl (C=O) groups excluding carboxylic acids is 1. The van der Waals surface area contributed by atoms with Gasteiger partial charge in [-0.15, -0.1) is 24.8 Å². The fourth-order valence-corrected chi connectivity index (χ4v) is 2.72. The van der Waals surface area contributed by atoms with Gasteiger partial charge in [0.15, 0.2) is 0 Å². The molecule has 1 atom stereocenters. The first kappa shape index (κ1) is 22.7. The van der Waals surface area contributed by atoms with Crippen molar-refractivity contribution in [3.8, 4) is 0 Å². The third-order valence-corrected chi connectivity index (χ3v) is 3.79. The molecule has 1 unspecified atom stereocenters. The topological polar surface area (TPSA) is 59.0 Å². The molecular formula is C17H28Cl2N4O. The van der Waals surface area contributed by atoms with Crippen LogP contribution in [0.25, 0.3) is 11.0 Å². The SMILES string of the molecule is CNCC(C)C(=O)NCCc1nc2ccccc2n1C(C)C.Cl.Cl. The standard InChI is InChI=1S/C17H26N4O.2ClH/c1-12(2)21-15-8-6-5-7-14(15)20-16(21)9-10-19-17(22)13(3)11-18-4;;/h5-8,12-13,18H,9-11H2,1-4H3,(H,19,22);2*1H. The fourth-order valence-electron chi connectivity index (χ4n) is 2.72. The Morgan fingerprint density at radius 3 is 2.50 bits per heavy atom. The molecule has 24 heavy (non-hydrogen) atoms. The average molecular weight is 375 g/mol. The smallest absolute Gasteiger partial charge is 0.224 e. The normalized spacial score (nSPS) is 11.7. The maximum Gasteiger partial charge on any atom is 0.224 e. The van der Waals surface area contributed by atoms with Crippen molar-refractivity contribution in [1.29, 1.82) is 0 Å². The Kier molecular flexibility index (Phi) is 9.97. The van der Waals surface area contributed by atoms with Crippen LogP contribution in [0.5, 0.6) is 0 Å². The molecule has 5 nitrogen and oxygen atoms in total. The quantitative estimate of drug-likeness (QED) is 0.782. The minimum Gasteiger partial charge on any atom is -0.355 e. The molecule has 1 amide bonds. The van der Waals surface area contributed by atoms with Gasteiger partial charge >= 0.3 is 0 Å². The van der Waals surface area contributed by atoms with E-state index in [0.717, 1.165) is 23.3 Å². The molecule has 1 aromatic heterocycles. The predicted octanol–water partition coefficient (Wildman–Crippen LogP) is 2.98. The van der Waals surface area contributed by atoms with Gasteiger partial charge in [0.05, 0.1) is 11.0 Å². The Labute approximate surface area is 156 Å². The molecule has 0 fully saturated rings. The Bertz CT molecular complexity index is 643. The molecule has 0 aliphatic carbocycles. The van der Waals surface area contributed by atoms with Crippen LogP contribution in [0, 0.1) is 5.92 Å². The summed E-state index contributed by atoms with van der Waals surface area (Å²) in [6.45, 7) is 7.55. The van der Waals surface area contributed by atoms with Crippen LogP contribution < -0.4 is 10.6 Å². The van der Waals surface area contributed by atoms with Crippen LogP contribution in [0.4, 0.5) is 0 Å². The molecule has 0 bridgehead atoms. The number of halogens is 2. The number of carbonyl (C=O) groups is 1. The summed E-state index contributed by atoms with van der Waals surface area (Å²) in [7, 11) is 1.86. The minimum absolute atomic E-state index is 0. The monoisotopic (exact) mass is 374 g/mol. The molecule has 2 rings (SSSR count). The molecule has 0 aliphatic heterocycles. The maximum atomic E-state index is 11.9. The summed E-state index contributed by atoms with van der Waals surface area (Å²) >= 11 is 0. The van der Waals surface area contributed by atoms with Crippen LogP contribution in [0.3, 0.4) is 0 Å². The van der Waals surface area contributed by atoms with Gasteiger partial charge in [-0.05, 0) is 33.0 Å². The van der Waals surface area contributed by atoms with Crippen LogP contribution in [-0.2, 0) is 11.2 Å². The second-order valence-electron chi connectivity index (χ2n) is 5.98. The molecule has 0 saturated carbocycles. The van der Waals surface area contributed by atoms with Crippen molar-refractivity contribution >= 4 is 41.8 Å². The highest BCUT2D eigenvalue weighted by Gasteiger charge is 2.14. The largest absolute Gasteiger partial charge is 0.355 e. The number of nitrogens with zero attached hydrogens (tertiary/aromatic N) is 2. The van der Waals surface area contributed by atoms with Crippen LogP contribution in [0.1, 0.15) is 32.6 Å². The maximum absolute atomic E-state index is 11.9. The van der Waals surface area contributed by atoms with Crippen LogP contribution in [0.2, 0.25) is 0 Å². The van der Waals surface area contributed by atoms with Crippen LogP contribution >= 0.6 is 24.8 Å². The van der Waals surface area contributed by atoms with E-state index in [1.807, 2.05) is 32.2 Å². The van der Waals surface area contributed by atoms with E-state index in [1.165, 1.54) is 0 Å². The number of aromatic nitrogens is 2. The molecule has 2 N–H and O–H groups in total. The zero-order valence-electron chi connectivity index (χ0n) is 14.7. The van der Waals surface area contributed by atoms with Gasteiger partial charge in [-0.25, -0.2) is 4.98 Å². The lowest BCUT2D eigenvalue weighted by molar-refractivity contribution is -0.124. The van der Waals surface area contributed by atoms with E-state index in [0.29, 0.717) is 19.1 Å². The number of nitrogens with one attached hydrogen (secondary N) is 2. The number of amides is 1. The van der Waals surface area contributed by atoms with E-state index in [4.69, 9.17) is 4.98 Å². The number of hydrogen-bond acceptors (Lipinski definition) is 3. The van der Waals surface area contributed by atoms with E-state index < -0.39 is 0 Å². The van der Waals surface area contributed by atoms with Crippen molar-refractivity contribution in [3.63, 3.8) is 0 Å². The van der Waals surface area contributed by atoms with Gasteiger partial charge in [0.2, 0.25) is 5.91 Å². The van der Waals surface area contributed by atoms with Gasteiger partial charge in [-0.3, -0.25) is 4.79 Å². The van der Waals surface area contributed by atoms with E-state index in [9.17, 15) is 4.79 Å².